The Labute approximate surface area is 197 Å². The lowest BCUT2D eigenvalue weighted by Crippen LogP contribution is -3.00. The third-order valence-corrected chi connectivity index (χ3v) is 6.53. The molecule has 0 saturated heterocycles. The number of nitrogens with zero attached hydrogens (tertiary/aromatic N) is 3. The molecule has 0 unspecified atom stereocenters. The maximum Gasteiger partial charge on any atom is 0.306 e. The van der Waals surface area contributed by atoms with E-state index in [-0.39, 0.29) is 18.4 Å². The Morgan fingerprint density at radius 3 is 2.84 bits per heavy atom. The third kappa shape index (κ3) is 5.44. The number of esters is 1. The third-order valence-electron chi connectivity index (χ3n) is 5.38. The molecule has 9 heteroatoms. The highest BCUT2D eigenvalue weighted by Gasteiger charge is 2.18. The van der Waals surface area contributed by atoms with Gasteiger partial charge in [-0.3, -0.25) is 4.79 Å². The Bertz CT molecular complexity index is 1220. The van der Waals surface area contributed by atoms with Crippen LogP contribution in [0.3, 0.4) is 0 Å². The Balaban J connectivity index is 0.00000289. The fourth-order valence-electron chi connectivity index (χ4n) is 3.57. The number of nitrogens with two attached hydrogens (primary N) is 1. The predicted molar refractivity (Wildman–Crippen MR) is 121 cm³/mol. The largest absolute Gasteiger partial charge is 1.00 e. The molecule has 0 amide bonds. The summed E-state index contributed by atoms with van der Waals surface area (Å²) in [5, 5.41) is 1.16. The van der Waals surface area contributed by atoms with Gasteiger partial charge in [0.25, 0.3) is 0 Å². The van der Waals surface area contributed by atoms with Crippen LogP contribution in [0.15, 0.2) is 42.2 Å². The minimum absolute atomic E-state index is 0. The Morgan fingerprint density at radius 2 is 2.03 bits per heavy atom. The van der Waals surface area contributed by atoms with Crippen LogP contribution in [0.5, 0.6) is 0 Å². The molecule has 1 aromatic carbocycles. The van der Waals surface area contributed by atoms with Crippen LogP contribution in [0.4, 0.5) is 5.82 Å². The van der Waals surface area contributed by atoms with Crippen molar-refractivity contribution in [2.75, 3.05) is 12.3 Å². The lowest BCUT2D eigenvalue weighted by atomic mass is 10.1. The number of aromatic nitrogens is 4. The monoisotopic (exact) mass is 471 g/mol. The highest BCUT2D eigenvalue weighted by Crippen LogP contribution is 2.19. The van der Waals surface area contributed by atoms with E-state index in [1.165, 1.54) is 4.88 Å². The summed E-state index contributed by atoms with van der Waals surface area (Å²) in [5.74, 6) is 1.01. The number of halogens is 1. The molecule has 0 spiro atoms. The number of hydrogen-bond acceptors (Lipinski definition) is 6. The van der Waals surface area contributed by atoms with Crippen LogP contribution in [-0.2, 0) is 28.9 Å². The first-order valence-electron chi connectivity index (χ1n) is 10.3. The molecule has 0 bridgehead atoms. The van der Waals surface area contributed by atoms with Crippen LogP contribution in [0, 0.1) is 13.8 Å². The number of ether oxygens (including phenoxy) is 1. The van der Waals surface area contributed by atoms with Crippen molar-refractivity contribution in [3.8, 4) is 0 Å². The van der Waals surface area contributed by atoms with Crippen molar-refractivity contribution in [1.82, 2.24) is 15.0 Å². The average Bonchev–Trinajstić information content (AvgIpc) is 3.32. The molecule has 3 N–H and O–H groups in total. The summed E-state index contributed by atoms with van der Waals surface area (Å²) >= 11 is 1.65. The van der Waals surface area contributed by atoms with Crippen molar-refractivity contribution in [3.05, 3.63) is 69.7 Å². The van der Waals surface area contributed by atoms with E-state index >= 15 is 0 Å². The van der Waals surface area contributed by atoms with E-state index < -0.39 is 0 Å². The number of carbonyl (C=O) groups excluding carboxylic acids is 1. The van der Waals surface area contributed by atoms with Gasteiger partial charge in [0, 0.05) is 43.1 Å². The summed E-state index contributed by atoms with van der Waals surface area (Å²) in [6.07, 6.45) is 5.48. The SMILES string of the molecule is Cc1ncc(C[n+]2csc(CCOC(=O)CCc3c[nH]c4ccccc34)c2C)c(N)n1.[Cl-]. The number of aromatic amines is 1. The number of aryl methyl sites for hydroxylation is 2. The Kier molecular flexibility index (Phi) is 7.82. The molecule has 32 heavy (non-hydrogen) atoms. The number of carbonyl (C=O) groups is 1. The normalized spacial score (nSPS) is 10.8. The van der Waals surface area contributed by atoms with Gasteiger partial charge in [-0.2, -0.15) is 4.57 Å². The van der Waals surface area contributed by atoms with Crippen molar-refractivity contribution in [1.29, 1.82) is 0 Å². The van der Waals surface area contributed by atoms with Crippen molar-refractivity contribution in [3.63, 3.8) is 0 Å². The number of thiazole rings is 1. The summed E-state index contributed by atoms with van der Waals surface area (Å²) in [6, 6.07) is 8.11. The molecule has 0 saturated carbocycles. The number of anilines is 1. The molecule has 0 radical (unpaired) electrons. The zero-order valence-corrected chi connectivity index (χ0v) is 19.7. The van der Waals surface area contributed by atoms with Crippen LogP contribution in [0.1, 0.15) is 33.9 Å². The summed E-state index contributed by atoms with van der Waals surface area (Å²) in [6.45, 7) is 4.89. The van der Waals surface area contributed by atoms with E-state index in [0.717, 1.165) is 27.7 Å². The highest BCUT2D eigenvalue weighted by atomic mass is 35.5. The van der Waals surface area contributed by atoms with Crippen LogP contribution < -0.4 is 22.7 Å². The van der Waals surface area contributed by atoms with E-state index in [1.807, 2.05) is 31.3 Å². The van der Waals surface area contributed by atoms with Crippen LogP contribution in [0.2, 0.25) is 0 Å². The number of benzene rings is 1. The van der Waals surface area contributed by atoms with Gasteiger partial charge in [0.2, 0.25) is 5.51 Å². The van der Waals surface area contributed by atoms with Gasteiger partial charge in [0.15, 0.2) is 12.2 Å². The molecule has 0 aliphatic rings. The van der Waals surface area contributed by atoms with Gasteiger partial charge in [0.1, 0.15) is 11.6 Å². The quantitative estimate of drug-likeness (QED) is 0.284. The van der Waals surface area contributed by atoms with Gasteiger partial charge in [0.05, 0.1) is 17.0 Å². The smallest absolute Gasteiger partial charge is 0.306 e. The highest BCUT2D eigenvalue weighted by molar-refractivity contribution is 7.09. The van der Waals surface area contributed by atoms with Gasteiger partial charge in [-0.1, -0.05) is 29.5 Å². The van der Waals surface area contributed by atoms with E-state index in [2.05, 4.69) is 38.0 Å². The molecule has 0 atom stereocenters. The molecular weight excluding hydrogens is 446 g/mol. The molecule has 0 aliphatic heterocycles. The molecule has 7 nitrogen and oxygen atoms in total. The Morgan fingerprint density at radius 1 is 1.22 bits per heavy atom. The first kappa shape index (κ1) is 23.7. The summed E-state index contributed by atoms with van der Waals surface area (Å²) in [7, 11) is 0. The number of hydrogen-bond donors (Lipinski definition) is 2. The van der Waals surface area contributed by atoms with Crippen molar-refractivity contribution in [2.45, 2.75) is 39.7 Å². The topological polar surface area (TPSA) is 97.8 Å². The zero-order valence-electron chi connectivity index (χ0n) is 18.1. The summed E-state index contributed by atoms with van der Waals surface area (Å²) in [4.78, 5) is 25.1. The average molecular weight is 472 g/mol. The first-order chi connectivity index (χ1) is 15.0. The molecule has 4 rings (SSSR count). The van der Waals surface area contributed by atoms with Crippen LogP contribution in [-0.4, -0.2) is 27.5 Å². The second-order valence-electron chi connectivity index (χ2n) is 7.52. The molecule has 168 valence electrons. The minimum atomic E-state index is -0.169. The second kappa shape index (κ2) is 10.6. The lowest BCUT2D eigenvalue weighted by molar-refractivity contribution is -0.689. The number of nitrogen functional groups attached to an aromatic ring is 1. The second-order valence-corrected chi connectivity index (χ2v) is 8.46. The van der Waals surface area contributed by atoms with Gasteiger partial charge in [-0.15, -0.1) is 0 Å². The number of nitrogens with one attached hydrogen (secondary N) is 1. The fourth-order valence-corrected chi connectivity index (χ4v) is 4.55. The molecular formula is C23H26ClN5O2S. The maximum atomic E-state index is 12.2. The van der Waals surface area contributed by atoms with Gasteiger partial charge >= 0.3 is 5.97 Å². The van der Waals surface area contributed by atoms with E-state index in [1.54, 1.807) is 17.5 Å². The van der Waals surface area contributed by atoms with E-state index in [4.69, 9.17) is 10.5 Å². The predicted octanol–water partition coefficient (Wildman–Crippen LogP) is 0.277. The van der Waals surface area contributed by atoms with E-state index in [0.29, 0.717) is 44.1 Å². The Hall–Kier alpha value is -2.97. The number of fused-ring (bicyclic) bond motifs is 1. The molecule has 0 aliphatic carbocycles. The van der Waals surface area contributed by atoms with Crippen LogP contribution >= 0.6 is 11.3 Å². The number of rotatable bonds is 8. The molecule has 3 aromatic heterocycles. The van der Waals surface area contributed by atoms with Gasteiger partial charge in [-0.05, 0) is 25.0 Å². The number of para-hydroxylation sites is 1. The minimum Gasteiger partial charge on any atom is -1.00 e. The maximum absolute atomic E-state index is 12.2. The molecule has 0 fully saturated rings. The summed E-state index contributed by atoms with van der Waals surface area (Å²) in [5.41, 5.74) is 12.3. The number of H-pyrrole nitrogens is 1. The standard InChI is InChI=1S/C23H26N5O2S.ClH/c1-15-21(31-14-28(15)13-18-12-25-16(2)27-23(18)24)9-10-30-22(29)8-7-17-11-26-20-6-4-3-5-19(17)20;/h3-6,11-12,14,26H,7-10,13H2,1-2H3,(H2,24,25,27);1H/q+1;/p-1. The van der Waals surface area contributed by atoms with Crippen molar-refractivity contribution >= 4 is 34.0 Å². The molecule has 4 aromatic rings. The zero-order chi connectivity index (χ0) is 21.8. The van der Waals surface area contributed by atoms with Crippen LogP contribution in [0.25, 0.3) is 10.9 Å². The van der Waals surface area contributed by atoms with Crippen molar-refractivity contribution < 1.29 is 26.5 Å². The lowest BCUT2D eigenvalue weighted by Gasteiger charge is -2.04. The van der Waals surface area contributed by atoms with E-state index in [9.17, 15) is 4.79 Å². The molecule has 3 heterocycles. The first-order valence-corrected chi connectivity index (χ1v) is 11.1. The summed E-state index contributed by atoms with van der Waals surface area (Å²) < 4.78 is 7.61. The van der Waals surface area contributed by atoms with Crippen molar-refractivity contribution in [2.24, 2.45) is 0 Å². The van der Waals surface area contributed by atoms with Gasteiger partial charge in [-0.25, -0.2) is 9.97 Å². The fraction of sp³-hybridized carbons (Fsp3) is 0.304. The van der Waals surface area contributed by atoms with Gasteiger partial charge < -0.3 is 27.9 Å².